The SMILES string of the molecule is O=C1CCC(N2Cc3cc(-n4cc(-c5cccc(Cl)n5)nn4)ccc3C2=O)C(=O)N1. The third-order valence-electron chi connectivity index (χ3n) is 5.24. The van der Waals surface area contributed by atoms with Crippen LogP contribution in [0, 0.1) is 0 Å². The number of imide groups is 1. The summed E-state index contributed by atoms with van der Waals surface area (Å²) in [7, 11) is 0. The first-order chi connectivity index (χ1) is 14.5. The summed E-state index contributed by atoms with van der Waals surface area (Å²) < 4.78 is 1.59. The molecule has 0 radical (unpaired) electrons. The molecule has 0 bridgehead atoms. The van der Waals surface area contributed by atoms with Crippen molar-refractivity contribution in [2.75, 3.05) is 0 Å². The molecular weight excluding hydrogens is 408 g/mol. The highest BCUT2D eigenvalue weighted by Crippen LogP contribution is 2.29. The first-order valence-electron chi connectivity index (χ1n) is 9.33. The lowest BCUT2D eigenvalue weighted by molar-refractivity contribution is -0.136. The van der Waals surface area contributed by atoms with E-state index in [9.17, 15) is 14.4 Å². The molecular formula is C20H15ClN6O3. The molecule has 0 aliphatic carbocycles. The molecule has 1 fully saturated rings. The second kappa shape index (κ2) is 7.03. The van der Waals surface area contributed by atoms with Gasteiger partial charge < -0.3 is 4.90 Å². The predicted molar refractivity (Wildman–Crippen MR) is 106 cm³/mol. The summed E-state index contributed by atoms with van der Waals surface area (Å²) in [6.07, 6.45) is 2.28. The highest BCUT2D eigenvalue weighted by molar-refractivity contribution is 6.29. The highest BCUT2D eigenvalue weighted by atomic mass is 35.5. The number of rotatable bonds is 3. The number of hydrogen-bond donors (Lipinski definition) is 1. The highest BCUT2D eigenvalue weighted by Gasteiger charge is 2.39. The largest absolute Gasteiger partial charge is 0.322 e. The van der Waals surface area contributed by atoms with E-state index in [1.54, 1.807) is 41.2 Å². The van der Waals surface area contributed by atoms with E-state index in [2.05, 4.69) is 20.6 Å². The van der Waals surface area contributed by atoms with E-state index < -0.39 is 11.9 Å². The molecule has 1 saturated heterocycles. The molecule has 1 atom stereocenters. The minimum absolute atomic E-state index is 0.214. The van der Waals surface area contributed by atoms with Gasteiger partial charge in [0.2, 0.25) is 11.8 Å². The fourth-order valence-electron chi connectivity index (χ4n) is 3.76. The van der Waals surface area contributed by atoms with E-state index in [0.29, 0.717) is 35.1 Å². The number of aromatic nitrogens is 4. The molecule has 2 aliphatic heterocycles. The van der Waals surface area contributed by atoms with Gasteiger partial charge in [0.15, 0.2) is 0 Å². The maximum Gasteiger partial charge on any atom is 0.255 e. The van der Waals surface area contributed by atoms with Crippen LogP contribution in [0.25, 0.3) is 17.1 Å². The smallest absolute Gasteiger partial charge is 0.255 e. The standard InChI is InChI=1S/C20H15ClN6O3/c21-17-3-1-2-14(22-17)15-10-27(25-24-15)12-4-5-13-11(8-12)9-26(20(13)30)16-6-7-18(28)23-19(16)29/h1-5,8,10,16H,6-7,9H2,(H,23,28,29). The van der Waals surface area contributed by atoms with Crippen LogP contribution in [-0.4, -0.2) is 48.6 Å². The van der Waals surface area contributed by atoms with Crippen LogP contribution in [0.2, 0.25) is 5.15 Å². The fourth-order valence-corrected chi connectivity index (χ4v) is 3.93. The van der Waals surface area contributed by atoms with Crippen molar-refractivity contribution >= 4 is 29.3 Å². The van der Waals surface area contributed by atoms with Gasteiger partial charge in [-0.15, -0.1) is 5.10 Å². The average Bonchev–Trinajstić information content (AvgIpc) is 3.33. The predicted octanol–water partition coefficient (Wildman–Crippen LogP) is 1.74. The molecule has 1 unspecified atom stereocenters. The van der Waals surface area contributed by atoms with Crippen LogP contribution in [0.5, 0.6) is 0 Å². The van der Waals surface area contributed by atoms with Gasteiger partial charge in [-0.25, -0.2) is 9.67 Å². The Morgan fingerprint density at radius 2 is 1.97 bits per heavy atom. The van der Waals surface area contributed by atoms with Crippen LogP contribution in [0.1, 0.15) is 28.8 Å². The molecule has 9 nitrogen and oxygen atoms in total. The molecule has 2 aromatic heterocycles. The molecule has 30 heavy (non-hydrogen) atoms. The summed E-state index contributed by atoms with van der Waals surface area (Å²) in [5.74, 6) is -0.949. The molecule has 4 heterocycles. The summed E-state index contributed by atoms with van der Waals surface area (Å²) in [5, 5.41) is 11.0. The maximum atomic E-state index is 12.8. The van der Waals surface area contributed by atoms with E-state index in [1.165, 1.54) is 4.90 Å². The molecule has 1 N–H and O–H groups in total. The number of halogens is 1. The lowest BCUT2D eigenvalue weighted by Gasteiger charge is -2.29. The van der Waals surface area contributed by atoms with Crippen molar-refractivity contribution in [2.24, 2.45) is 0 Å². The summed E-state index contributed by atoms with van der Waals surface area (Å²) in [6.45, 7) is 0.297. The molecule has 0 saturated carbocycles. The summed E-state index contributed by atoms with van der Waals surface area (Å²) in [6, 6.07) is 9.96. The number of nitrogens with one attached hydrogen (secondary N) is 1. The summed E-state index contributed by atoms with van der Waals surface area (Å²) in [4.78, 5) is 42.1. The number of piperidine rings is 1. The molecule has 3 aromatic rings. The lowest BCUT2D eigenvalue weighted by atomic mass is 10.0. The number of fused-ring (bicyclic) bond motifs is 1. The van der Waals surface area contributed by atoms with Crippen LogP contribution in [-0.2, 0) is 16.1 Å². The molecule has 1 aromatic carbocycles. The topological polar surface area (TPSA) is 110 Å². The third kappa shape index (κ3) is 3.13. The zero-order valence-corrected chi connectivity index (χ0v) is 16.3. The van der Waals surface area contributed by atoms with E-state index >= 15 is 0 Å². The molecule has 150 valence electrons. The number of nitrogens with zero attached hydrogens (tertiary/aromatic N) is 5. The van der Waals surface area contributed by atoms with Crippen molar-refractivity contribution in [2.45, 2.75) is 25.4 Å². The number of hydrogen-bond acceptors (Lipinski definition) is 6. The van der Waals surface area contributed by atoms with Gasteiger partial charge in [0, 0.05) is 18.5 Å². The summed E-state index contributed by atoms with van der Waals surface area (Å²) >= 11 is 5.94. The van der Waals surface area contributed by atoms with Crippen molar-refractivity contribution < 1.29 is 14.4 Å². The second-order valence-electron chi connectivity index (χ2n) is 7.14. The minimum Gasteiger partial charge on any atom is -0.322 e. The molecule has 3 amide bonds. The number of pyridine rings is 1. The van der Waals surface area contributed by atoms with Crippen molar-refractivity contribution in [3.8, 4) is 17.1 Å². The van der Waals surface area contributed by atoms with Crippen molar-refractivity contribution in [1.29, 1.82) is 0 Å². The molecule has 2 aliphatic rings. The van der Waals surface area contributed by atoms with Crippen LogP contribution >= 0.6 is 11.6 Å². The van der Waals surface area contributed by atoms with Gasteiger partial charge in [0.05, 0.1) is 17.6 Å². The van der Waals surface area contributed by atoms with Gasteiger partial charge in [-0.3, -0.25) is 19.7 Å². The Bertz CT molecular complexity index is 1210. The van der Waals surface area contributed by atoms with Crippen molar-refractivity contribution in [3.63, 3.8) is 0 Å². The van der Waals surface area contributed by atoms with E-state index in [-0.39, 0.29) is 18.2 Å². The fraction of sp³-hybridized carbons (Fsp3) is 0.200. The monoisotopic (exact) mass is 422 g/mol. The first kappa shape index (κ1) is 18.4. The summed E-state index contributed by atoms with van der Waals surface area (Å²) in [5.41, 5.74) is 3.24. The Hall–Kier alpha value is -3.59. The minimum atomic E-state index is -0.641. The van der Waals surface area contributed by atoms with Gasteiger partial charge in [-0.1, -0.05) is 22.9 Å². The van der Waals surface area contributed by atoms with Crippen LogP contribution in [0.4, 0.5) is 0 Å². The van der Waals surface area contributed by atoms with Crippen molar-refractivity contribution in [3.05, 3.63) is 58.9 Å². The maximum absolute atomic E-state index is 12.8. The molecule has 5 rings (SSSR count). The van der Waals surface area contributed by atoms with Crippen LogP contribution < -0.4 is 5.32 Å². The number of carbonyl (C=O) groups excluding carboxylic acids is 3. The normalized spacial score (nSPS) is 18.5. The van der Waals surface area contributed by atoms with Crippen molar-refractivity contribution in [1.82, 2.24) is 30.2 Å². The van der Waals surface area contributed by atoms with Gasteiger partial charge in [-0.05, 0) is 42.3 Å². The quantitative estimate of drug-likeness (QED) is 0.508. The van der Waals surface area contributed by atoms with E-state index in [1.807, 2.05) is 6.07 Å². The Morgan fingerprint density at radius 1 is 1.10 bits per heavy atom. The van der Waals surface area contributed by atoms with Gasteiger partial charge in [-0.2, -0.15) is 0 Å². The third-order valence-corrected chi connectivity index (χ3v) is 5.45. The van der Waals surface area contributed by atoms with Crippen LogP contribution in [0.15, 0.2) is 42.6 Å². The Balaban J connectivity index is 1.41. The number of carbonyl (C=O) groups is 3. The zero-order chi connectivity index (χ0) is 20.8. The number of amides is 3. The Kier molecular flexibility index (Phi) is 4.32. The number of benzene rings is 1. The second-order valence-corrected chi connectivity index (χ2v) is 7.52. The van der Waals surface area contributed by atoms with Gasteiger partial charge in [0.1, 0.15) is 16.9 Å². The zero-order valence-electron chi connectivity index (χ0n) is 15.6. The molecule has 0 spiro atoms. The molecule has 10 heteroatoms. The Morgan fingerprint density at radius 3 is 2.77 bits per heavy atom. The van der Waals surface area contributed by atoms with E-state index in [0.717, 1.165) is 11.3 Å². The first-order valence-corrected chi connectivity index (χ1v) is 9.70. The van der Waals surface area contributed by atoms with E-state index in [4.69, 9.17) is 11.6 Å². The lowest BCUT2D eigenvalue weighted by Crippen LogP contribution is -2.52. The van der Waals surface area contributed by atoms with Gasteiger partial charge in [0.25, 0.3) is 5.91 Å². The van der Waals surface area contributed by atoms with Gasteiger partial charge >= 0.3 is 0 Å². The average molecular weight is 423 g/mol. The Labute approximate surface area is 175 Å². The van der Waals surface area contributed by atoms with Crippen LogP contribution in [0.3, 0.4) is 0 Å².